The lowest BCUT2D eigenvalue weighted by atomic mass is 9.90. The summed E-state index contributed by atoms with van der Waals surface area (Å²) in [5.41, 5.74) is 0. The van der Waals surface area contributed by atoms with E-state index in [-0.39, 0.29) is 0 Å². The van der Waals surface area contributed by atoms with Crippen LogP contribution >= 0.6 is 0 Å². The maximum absolute atomic E-state index is 3.89. The molecule has 2 nitrogen and oxygen atoms in total. The molecule has 1 aliphatic carbocycles. The van der Waals surface area contributed by atoms with Crippen molar-refractivity contribution >= 4 is 0 Å². The van der Waals surface area contributed by atoms with E-state index in [0.717, 1.165) is 17.9 Å². The fourth-order valence-corrected chi connectivity index (χ4v) is 3.76. The predicted molar refractivity (Wildman–Crippen MR) is 74.2 cm³/mol. The summed E-state index contributed by atoms with van der Waals surface area (Å²) in [5.74, 6) is 1.80. The Morgan fingerprint density at radius 1 is 0.941 bits per heavy atom. The highest BCUT2D eigenvalue weighted by Gasteiger charge is 2.27. The van der Waals surface area contributed by atoms with E-state index in [1.54, 1.807) is 0 Å². The van der Waals surface area contributed by atoms with Gasteiger partial charge in [0.05, 0.1) is 0 Å². The third-order valence-electron chi connectivity index (χ3n) is 5.00. The van der Waals surface area contributed by atoms with E-state index in [1.165, 1.54) is 51.6 Å². The smallest absolute Gasteiger partial charge is 0.00818 e. The molecule has 3 atom stereocenters. The first-order chi connectivity index (χ1) is 8.16. The van der Waals surface area contributed by atoms with Crippen molar-refractivity contribution < 1.29 is 0 Å². The van der Waals surface area contributed by atoms with Crippen LogP contribution < -0.4 is 5.32 Å². The lowest BCUT2D eigenvalue weighted by molar-refractivity contribution is 0.167. The van der Waals surface area contributed by atoms with Crippen LogP contribution in [0.3, 0.4) is 0 Å². The van der Waals surface area contributed by atoms with E-state index < -0.39 is 0 Å². The first-order valence-electron chi connectivity index (χ1n) is 7.61. The van der Waals surface area contributed by atoms with Gasteiger partial charge in [-0.15, -0.1) is 0 Å². The zero-order chi connectivity index (χ0) is 12.3. The molecule has 1 saturated carbocycles. The standard InChI is InChI=1S/C15H30N2/c1-12(14-7-4-5-8-14)16-13(2)15-9-6-10-17(3)11-15/h12-16H,4-11H2,1-3H3/t12-,13?,15?/m1/s1. The van der Waals surface area contributed by atoms with Gasteiger partial charge in [0, 0.05) is 18.6 Å². The molecule has 2 heteroatoms. The van der Waals surface area contributed by atoms with Crippen molar-refractivity contribution in [2.45, 2.75) is 64.5 Å². The second kappa shape index (κ2) is 6.19. The summed E-state index contributed by atoms with van der Waals surface area (Å²) in [6, 6.07) is 1.41. The fourth-order valence-electron chi connectivity index (χ4n) is 3.76. The first-order valence-corrected chi connectivity index (χ1v) is 7.61. The third-order valence-corrected chi connectivity index (χ3v) is 5.00. The van der Waals surface area contributed by atoms with Gasteiger partial charge in [-0.25, -0.2) is 0 Å². The molecule has 17 heavy (non-hydrogen) atoms. The number of hydrogen-bond donors (Lipinski definition) is 1. The van der Waals surface area contributed by atoms with Crippen molar-refractivity contribution in [2.75, 3.05) is 20.1 Å². The predicted octanol–water partition coefficient (Wildman–Crippen LogP) is 2.89. The second-order valence-corrected chi connectivity index (χ2v) is 6.45. The Hall–Kier alpha value is -0.0800. The Kier molecular flexibility index (Phi) is 4.87. The molecule has 1 heterocycles. The quantitative estimate of drug-likeness (QED) is 0.810. The molecule has 0 radical (unpaired) electrons. The topological polar surface area (TPSA) is 15.3 Å². The summed E-state index contributed by atoms with van der Waals surface area (Å²) in [4.78, 5) is 2.49. The van der Waals surface area contributed by atoms with Crippen molar-refractivity contribution in [3.8, 4) is 0 Å². The first kappa shape index (κ1) is 13.4. The van der Waals surface area contributed by atoms with Gasteiger partial charge in [-0.1, -0.05) is 12.8 Å². The van der Waals surface area contributed by atoms with Gasteiger partial charge in [0.15, 0.2) is 0 Å². The zero-order valence-electron chi connectivity index (χ0n) is 11.9. The molecule has 2 unspecified atom stereocenters. The molecule has 2 rings (SSSR count). The fraction of sp³-hybridized carbons (Fsp3) is 1.00. The van der Waals surface area contributed by atoms with Gasteiger partial charge >= 0.3 is 0 Å². The summed E-state index contributed by atoms with van der Waals surface area (Å²) in [5, 5.41) is 3.89. The number of nitrogens with zero attached hydrogens (tertiary/aromatic N) is 1. The van der Waals surface area contributed by atoms with Gasteiger partial charge in [0.25, 0.3) is 0 Å². The van der Waals surface area contributed by atoms with E-state index in [0.29, 0.717) is 6.04 Å². The number of nitrogens with one attached hydrogen (secondary N) is 1. The summed E-state index contributed by atoms with van der Waals surface area (Å²) >= 11 is 0. The van der Waals surface area contributed by atoms with Gasteiger partial charge in [0.2, 0.25) is 0 Å². The summed E-state index contributed by atoms with van der Waals surface area (Å²) < 4.78 is 0. The lowest BCUT2D eigenvalue weighted by Crippen LogP contribution is -2.47. The molecular weight excluding hydrogens is 208 g/mol. The van der Waals surface area contributed by atoms with Gasteiger partial charge in [0.1, 0.15) is 0 Å². The van der Waals surface area contributed by atoms with E-state index in [1.807, 2.05) is 0 Å². The second-order valence-electron chi connectivity index (χ2n) is 6.45. The summed E-state index contributed by atoms with van der Waals surface area (Å²) in [6.07, 6.45) is 8.60. The lowest BCUT2D eigenvalue weighted by Gasteiger charge is -2.36. The molecular formula is C15H30N2. The number of likely N-dealkylation sites (tertiary alicyclic amines) is 1. The maximum atomic E-state index is 3.89. The largest absolute Gasteiger partial charge is 0.311 e. The Morgan fingerprint density at radius 2 is 1.53 bits per heavy atom. The molecule has 0 aromatic heterocycles. The van der Waals surface area contributed by atoms with Crippen LogP contribution in [0.15, 0.2) is 0 Å². The van der Waals surface area contributed by atoms with E-state index in [9.17, 15) is 0 Å². The zero-order valence-corrected chi connectivity index (χ0v) is 11.9. The van der Waals surface area contributed by atoms with E-state index >= 15 is 0 Å². The van der Waals surface area contributed by atoms with Crippen molar-refractivity contribution in [3.05, 3.63) is 0 Å². The Bertz CT molecular complexity index is 223. The normalized spacial score (nSPS) is 31.6. The van der Waals surface area contributed by atoms with Gasteiger partial charge in [-0.3, -0.25) is 0 Å². The average molecular weight is 238 g/mol. The minimum atomic E-state index is 0.688. The van der Waals surface area contributed by atoms with Crippen LogP contribution in [0.25, 0.3) is 0 Å². The molecule has 1 aliphatic heterocycles. The number of rotatable bonds is 4. The highest BCUT2D eigenvalue weighted by molar-refractivity contribution is 4.84. The highest BCUT2D eigenvalue weighted by Crippen LogP contribution is 2.28. The van der Waals surface area contributed by atoms with Crippen molar-refractivity contribution in [1.29, 1.82) is 0 Å². The van der Waals surface area contributed by atoms with Crippen LogP contribution in [-0.2, 0) is 0 Å². The Balaban J connectivity index is 1.76. The average Bonchev–Trinajstić information content (AvgIpc) is 2.82. The number of hydrogen-bond acceptors (Lipinski definition) is 2. The molecule has 1 N–H and O–H groups in total. The van der Waals surface area contributed by atoms with Crippen molar-refractivity contribution in [2.24, 2.45) is 11.8 Å². The number of piperidine rings is 1. The minimum Gasteiger partial charge on any atom is -0.311 e. The van der Waals surface area contributed by atoms with Crippen LogP contribution in [0.2, 0.25) is 0 Å². The molecule has 0 amide bonds. The van der Waals surface area contributed by atoms with Crippen LogP contribution in [0.5, 0.6) is 0 Å². The van der Waals surface area contributed by atoms with Gasteiger partial charge in [-0.05, 0) is 65.0 Å². The molecule has 0 spiro atoms. The highest BCUT2D eigenvalue weighted by atomic mass is 15.1. The maximum Gasteiger partial charge on any atom is 0.00818 e. The van der Waals surface area contributed by atoms with E-state index in [2.05, 4.69) is 31.1 Å². The molecule has 0 aromatic rings. The Labute approximate surface area is 107 Å². The monoisotopic (exact) mass is 238 g/mol. The minimum absolute atomic E-state index is 0.688. The van der Waals surface area contributed by atoms with Gasteiger partial charge < -0.3 is 10.2 Å². The SMILES string of the molecule is CC(N[C@H](C)C1CCCC1)C1CCCN(C)C1. The molecule has 100 valence electrons. The van der Waals surface area contributed by atoms with Crippen LogP contribution in [0.4, 0.5) is 0 Å². The van der Waals surface area contributed by atoms with Crippen molar-refractivity contribution in [3.63, 3.8) is 0 Å². The van der Waals surface area contributed by atoms with E-state index in [4.69, 9.17) is 0 Å². The summed E-state index contributed by atoms with van der Waals surface area (Å²) in [6.45, 7) is 7.38. The van der Waals surface area contributed by atoms with Crippen LogP contribution in [-0.4, -0.2) is 37.1 Å². The molecule has 0 aromatic carbocycles. The molecule has 0 bridgehead atoms. The molecule has 1 saturated heterocycles. The summed E-state index contributed by atoms with van der Waals surface area (Å²) in [7, 11) is 2.26. The van der Waals surface area contributed by atoms with Gasteiger partial charge in [-0.2, -0.15) is 0 Å². The van der Waals surface area contributed by atoms with Crippen molar-refractivity contribution in [1.82, 2.24) is 10.2 Å². The van der Waals surface area contributed by atoms with Crippen LogP contribution in [0.1, 0.15) is 52.4 Å². The molecule has 2 aliphatic rings. The van der Waals surface area contributed by atoms with Crippen LogP contribution in [0, 0.1) is 11.8 Å². The molecule has 2 fully saturated rings. The Morgan fingerprint density at radius 3 is 2.18 bits per heavy atom. The third kappa shape index (κ3) is 3.69.